The molecule has 1 fully saturated rings. The quantitative estimate of drug-likeness (QED) is 0.795. The predicted molar refractivity (Wildman–Crippen MR) is 91.7 cm³/mol. The number of hydrogen-bond acceptors (Lipinski definition) is 5. The Balaban J connectivity index is 2.05. The van der Waals surface area contributed by atoms with Crippen molar-refractivity contribution in [1.29, 1.82) is 0 Å². The van der Waals surface area contributed by atoms with Gasteiger partial charge in [-0.15, -0.1) is 0 Å². The Labute approximate surface area is 151 Å². The smallest absolute Gasteiger partial charge is 0.243 e. The molecule has 0 radical (unpaired) electrons. The molecule has 0 bridgehead atoms. The van der Waals surface area contributed by atoms with Gasteiger partial charge in [0.15, 0.2) is 0 Å². The lowest BCUT2D eigenvalue weighted by atomic mass is 10.2. The molecular weight excluding hydrogens is 377 g/mol. The monoisotopic (exact) mass is 395 g/mol. The minimum atomic E-state index is -3.68. The first-order valence-corrected chi connectivity index (χ1v) is 9.45. The van der Waals surface area contributed by atoms with Crippen molar-refractivity contribution >= 4 is 39.1 Å². The average molecular weight is 396 g/mol. The van der Waals surface area contributed by atoms with Crippen molar-refractivity contribution in [3.05, 3.63) is 28.2 Å². The zero-order valence-corrected chi connectivity index (χ0v) is 15.4. The standard InChI is InChI=1S/C14H19Cl2N3O4S/c1-23-9-13(17)14(20)18-4-6-19(7-5-18)24(21,22)10-2-3-11(15)12(16)8-10/h2-3,8,13H,4-7,9,17H2,1H3. The molecule has 0 aromatic heterocycles. The molecule has 2 rings (SSSR count). The van der Waals surface area contributed by atoms with E-state index >= 15 is 0 Å². The number of methoxy groups -OCH3 is 1. The molecule has 1 atom stereocenters. The molecule has 134 valence electrons. The number of carbonyl (C=O) groups excluding carboxylic acids is 1. The van der Waals surface area contributed by atoms with Gasteiger partial charge in [-0.25, -0.2) is 8.42 Å². The Morgan fingerprint density at radius 2 is 1.88 bits per heavy atom. The molecule has 0 saturated carbocycles. The largest absolute Gasteiger partial charge is 0.383 e. The van der Waals surface area contributed by atoms with E-state index < -0.39 is 16.1 Å². The average Bonchev–Trinajstić information content (AvgIpc) is 2.57. The number of nitrogens with two attached hydrogens (primary N) is 1. The second-order valence-corrected chi connectivity index (χ2v) is 8.12. The van der Waals surface area contributed by atoms with Crippen LogP contribution in [-0.4, -0.2) is 69.5 Å². The van der Waals surface area contributed by atoms with E-state index in [-0.39, 0.29) is 53.6 Å². The van der Waals surface area contributed by atoms with Crippen LogP contribution in [0.5, 0.6) is 0 Å². The second kappa shape index (κ2) is 7.99. The van der Waals surface area contributed by atoms with Crippen LogP contribution < -0.4 is 5.73 Å². The summed E-state index contributed by atoms with van der Waals surface area (Å²) in [5.41, 5.74) is 5.73. The Hall–Kier alpha value is -0.900. The lowest BCUT2D eigenvalue weighted by Crippen LogP contribution is -2.55. The normalized spacial score (nSPS) is 17.8. The number of hydrogen-bond donors (Lipinski definition) is 1. The lowest BCUT2D eigenvalue weighted by Gasteiger charge is -2.35. The zero-order valence-electron chi connectivity index (χ0n) is 13.1. The van der Waals surface area contributed by atoms with Crippen molar-refractivity contribution in [2.75, 3.05) is 39.9 Å². The number of halogens is 2. The Bertz CT molecular complexity index is 706. The van der Waals surface area contributed by atoms with Gasteiger partial charge in [0.25, 0.3) is 0 Å². The molecule has 1 saturated heterocycles. The van der Waals surface area contributed by atoms with Crippen LogP contribution in [0.2, 0.25) is 10.0 Å². The first-order chi connectivity index (χ1) is 11.3. The minimum absolute atomic E-state index is 0.0766. The van der Waals surface area contributed by atoms with E-state index in [1.807, 2.05) is 0 Å². The fourth-order valence-electron chi connectivity index (χ4n) is 2.42. The van der Waals surface area contributed by atoms with Crippen molar-refractivity contribution in [1.82, 2.24) is 9.21 Å². The number of carbonyl (C=O) groups is 1. The summed E-state index contributed by atoms with van der Waals surface area (Å²) in [6.07, 6.45) is 0. The first kappa shape index (κ1) is 19.4. The van der Waals surface area contributed by atoms with Crippen LogP contribution in [0.15, 0.2) is 23.1 Å². The van der Waals surface area contributed by atoms with Crippen molar-refractivity contribution < 1.29 is 17.9 Å². The van der Waals surface area contributed by atoms with Gasteiger partial charge in [0.1, 0.15) is 6.04 Å². The van der Waals surface area contributed by atoms with Gasteiger partial charge in [0.2, 0.25) is 15.9 Å². The fourth-order valence-corrected chi connectivity index (χ4v) is 4.23. The van der Waals surface area contributed by atoms with Gasteiger partial charge in [-0.3, -0.25) is 4.79 Å². The Morgan fingerprint density at radius 1 is 1.25 bits per heavy atom. The summed E-state index contributed by atoms with van der Waals surface area (Å²) in [6, 6.07) is 3.44. The fraction of sp³-hybridized carbons (Fsp3) is 0.500. The van der Waals surface area contributed by atoms with Crippen LogP contribution in [0.3, 0.4) is 0 Å². The van der Waals surface area contributed by atoms with E-state index in [2.05, 4.69) is 0 Å². The van der Waals surface area contributed by atoms with E-state index in [0.29, 0.717) is 0 Å². The van der Waals surface area contributed by atoms with E-state index in [1.54, 1.807) is 4.90 Å². The Kier molecular flexibility index (Phi) is 6.46. The summed E-state index contributed by atoms with van der Waals surface area (Å²) < 4.78 is 31.5. The maximum atomic E-state index is 12.6. The van der Waals surface area contributed by atoms with Gasteiger partial charge in [0, 0.05) is 33.3 Å². The number of nitrogens with zero attached hydrogens (tertiary/aromatic N) is 2. The number of benzene rings is 1. The zero-order chi connectivity index (χ0) is 17.9. The third kappa shape index (κ3) is 4.19. The maximum absolute atomic E-state index is 12.6. The topological polar surface area (TPSA) is 92.9 Å². The number of sulfonamides is 1. The molecule has 1 amide bonds. The molecule has 0 spiro atoms. The molecule has 1 aromatic carbocycles. The van der Waals surface area contributed by atoms with Gasteiger partial charge >= 0.3 is 0 Å². The SMILES string of the molecule is COCC(N)C(=O)N1CCN(S(=O)(=O)c2ccc(Cl)c(Cl)c2)CC1. The highest BCUT2D eigenvalue weighted by molar-refractivity contribution is 7.89. The van der Waals surface area contributed by atoms with Crippen LogP contribution in [0.1, 0.15) is 0 Å². The number of amides is 1. The van der Waals surface area contributed by atoms with Crippen LogP contribution in [-0.2, 0) is 19.6 Å². The minimum Gasteiger partial charge on any atom is -0.383 e. The third-order valence-corrected chi connectivity index (χ3v) is 6.38. The molecule has 24 heavy (non-hydrogen) atoms. The molecule has 1 aromatic rings. The van der Waals surface area contributed by atoms with Crippen LogP contribution in [0.25, 0.3) is 0 Å². The predicted octanol–water partition coefficient (Wildman–Crippen LogP) is 0.800. The second-order valence-electron chi connectivity index (χ2n) is 5.37. The van der Waals surface area contributed by atoms with Gasteiger partial charge in [-0.2, -0.15) is 4.31 Å². The van der Waals surface area contributed by atoms with Gasteiger partial charge in [-0.1, -0.05) is 23.2 Å². The van der Waals surface area contributed by atoms with E-state index in [0.717, 1.165) is 0 Å². The summed E-state index contributed by atoms with van der Waals surface area (Å²) in [7, 11) is -2.22. The van der Waals surface area contributed by atoms with Crippen molar-refractivity contribution in [3.63, 3.8) is 0 Å². The molecule has 1 aliphatic heterocycles. The van der Waals surface area contributed by atoms with Crippen LogP contribution >= 0.6 is 23.2 Å². The highest BCUT2D eigenvalue weighted by Gasteiger charge is 2.31. The maximum Gasteiger partial charge on any atom is 0.243 e. The number of rotatable bonds is 5. The molecule has 10 heteroatoms. The van der Waals surface area contributed by atoms with Crippen molar-refractivity contribution in [2.24, 2.45) is 5.73 Å². The van der Waals surface area contributed by atoms with E-state index in [1.165, 1.54) is 29.6 Å². The highest BCUT2D eigenvalue weighted by atomic mass is 35.5. The van der Waals surface area contributed by atoms with Crippen molar-refractivity contribution in [3.8, 4) is 0 Å². The summed E-state index contributed by atoms with van der Waals surface area (Å²) in [6.45, 7) is 1.05. The molecule has 1 unspecified atom stereocenters. The molecular formula is C14H19Cl2N3O4S. The van der Waals surface area contributed by atoms with Gasteiger partial charge < -0.3 is 15.4 Å². The lowest BCUT2D eigenvalue weighted by molar-refractivity contribution is -0.134. The summed E-state index contributed by atoms with van der Waals surface area (Å²) in [4.78, 5) is 13.7. The highest BCUT2D eigenvalue weighted by Crippen LogP contribution is 2.27. The van der Waals surface area contributed by atoms with Gasteiger partial charge in [0.05, 0.1) is 21.5 Å². The van der Waals surface area contributed by atoms with E-state index in [4.69, 9.17) is 33.7 Å². The molecule has 7 nitrogen and oxygen atoms in total. The number of piperazine rings is 1. The molecule has 1 heterocycles. The number of ether oxygens (including phenoxy) is 1. The molecule has 1 aliphatic rings. The van der Waals surface area contributed by atoms with Crippen molar-refractivity contribution in [2.45, 2.75) is 10.9 Å². The van der Waals surface area contributed by atoms with E-state index in [9.17, 15) is 13.2 Å². The third-order valence-electron chi connectivity index (χ3n) is 3.74. The van der Waals surface area contributed by atoms with Crippen LogP contribution in [0.4, 0.5) is 0 Å². The summed E-state index contributed by atoms with van der Waals surface area (Å²) >= 11 is 11.7. The van der Waals surface area contributed by atoms with Gasteiger partial charge in [-0.05, 0) is 18.2 Å². The summed E-state index contributed by atoms with van der Waals surface area (Å²) in [5.74, 6) is -0.247. The molecule has 0 aliphatic carbocycles. The molecule has 2 N–H and O–H groups in total. The first-order valence-electron chi connectivity index (χ1n) is 7.26. The Morgan fingerprint density at radius 3 is 2.42 bits per heavy atom. The van der Waals surface area contributed by atoms with Crippen LogP contribution in [0, 0.1) is 0 Å². The summed E-state index contributed by atoms with van der Waals surface area (Å²) in [5, 5.41) is 0.468.